The molecule has 78 valence electrons. The Kier molecular flexibility index (Phi) is 5.97. The second-order valence-electron chi connectivity index (χ2n) is 4.53. The van der Waals surface area contributed by atoms with Crippen LogP contribution in [-0.2, 0) is 4.79 Å². The Labute approximate surface area is 82.1 Å². The van der Waals surface area contributed by atoms with Gasteiger partial charge in [-0.1, -0.05) is 6.92 Å². The van der Waals surface area contributed by atoms with E-state index in [1.165, 1.54) is 0 Å². The Balaban J connectivity index is 3.22. The molecule has 13 heavy (non-hydrogen) atoms. The molecule has 2 heteroatoms. The summed E-state index contributed by atoms with van der Waals surface area (Å²) in [7, 11) is 0. The van der Waals surface area contributed by atoms with E-state index in [1.807, 2.05) is 6.92 Å². The smallest absolute Gasteiger partial charge is 0.132 e. The van der Waals surface area contributed by atoms with Gasteiger partial charge in [0.1, 0.15) is 5.78 Å². The molecule has 0 saturated carbocycles. The van der Waals surface area contributed by atoms with Crippen molar-refractivity contribution in [3.8, 4) is 0 Å². The van der Waals surface area contributed by atoms with E-state index >= 15 is 0 Å². The van der Waals surface area contributed by atoms with Crippen molar-refractivity contribution in [2.75, 3.05) is 6.54 Å². The predicted molar refractivity (Wildman–Crippen MR) is 56.9 cm³/mol. The van der Waals surface area contributed by atoms with E-state index in [0.29, 0.717) is 12.2 Å². The summed E-state index contributed by atoms with van der Waals surface area (Å²) in [4.78, 5) is 11.0. The van der Waals surface area contributed by atoms with Crippen LogP contribution in [0.2, 0.25) is 0 Å². The first kappa shape index (κ1) is 12.6. The van der Waals surface area contributed by atoms with Crippen molar-refractivity contribution in [1.82, 2.24) is 5.32 Å². The molecule has 0 heterocycles. The first-order valence-electron chi connectivity index (χ1n) is 5.22. The molecule has 0 radical (unpaired) electrons. The zero-order valence-corrected chi connectivity index (χ0v) is 9.44. The van der Waals surface area contributed by atoms with Gasteiger partial charge in [0.15, 0.2) is 0 Å². The number of unbranched alkanes of at least 4 members (excludes halogenated alkanes) is 1. The second-order valence-corrected chi connectivity index (χ2v) is 4.53. The minimum absolute atomic E-state index is 0.203. The number of rotatable bonds is 6. The van der Waals surface area contributed by atoms with Crippen molar-refractivity contribution in [2.24, 2.45) is 0 Å². The van der Waals surface area contributed by atoms with Crippen molar-refractivity contribution in [3.05, 3.63) is 0 Å². The summed E-state index contributed by atoms with van der Waals surface area (Å²) in [6.45, 7) is 9.41. The number of carbonyl (C=O) groups is 1. The average molecular weight is 185 g/mol. The number of hydrogen-bond acceptors (Lipinski definition) is 2. The molecule has 0 spiro atoms. The van der Waals surface area contributed by atoms with E-state index in [1.54, 1.807) is 0 Å². The van der Waals surface area contributed by atoms with E-state index in [0.717, 1.165) is 25.8 Å². The highest BCUT2D eigenvalue weighted by Crippen LogP contribution is 2.01. The Morgan fingerprint density at radius 1 is 1.23 bits per heavy atom. The lowest BCUT2D eigenvalue weighted by Gasteiger charge is -2.20. The lowest BCUT2D eigenvalue weighted by Crippen LogP contribution is -2.36. The van der Waals surface area contributed by atoms with E-state index in [-0.39, 0.29) is 5.54 Å². The van der Waals surface area contributed by atoms with E-state index in [2.05, 4.69) is 26.1 Å². The topological polar surface area (TPSA) is 29.1 Å². The van der Waals surface area contributed by atoms with Gasteiger partial charge in [-0.05, 0) is 40.2 Å². The molecule has 0 amide bonds. The molecule has 0 saturated heterocycles. The van der Waals surface area contributed by atoms with Gasteiger partial charge in [0.2, 0.25) is 0 Å². The van der Waals surface area contributed by atoms with Gasteiger partial charge in [-0.15, -0.1) is 0 Å². The van der Waals surface area contributed by atoms with Crippen LogP contribution in [0.3, 0.4) is 0 Å². The Morgan fingerprint density at radius 3 is 2.31 bits per heavy atom. The summed E-state index contributed by atoms with van der Waals surface area (Å²) in [5.41, 5.74) is 0.203. The highest BCUT2D eigenvalue weighted by Gasteiger charge is 2.07. The Hall–Kier alpha value is -0.370. The van der Waals surface area contributed by atoms with Gasteiger partial charge in [-0.25, -0.2) is 0 Å². The zero-order chi connectivity index (χ0) is 10.3. The maximum absolute atomic E-state index is 11.0. The highest BCUT2D eigenvalue weighted by molar-refractivity contribution is 5.77. The third-order valence-corrected chi connectivity index (χ3v) is 1.93. The molecule has 0 atom stereocenters. The van der Waals surface area contributed by atoms with Crippen LogP contribution in [0.15, 0.2) is 0 Å². The molecule has 0 fully saturated rings. The lowest BCUT2D eigenvalue weighted by atomic mass is 10.1. The van der Waals surface area contributed by atoms with Crippen LogP contribution >= 0.6 is 0 Å². The minimum Gasteiger partial charge on any atom is -0.312 e. The fourth-order valence-electron chi connectivity index (χ4n) is 1.09. The van der Waals surface area contributed by atoms with Gasteiger partial charge in [0.05, 0.1) is 0 Å². The fourth-order valence-corrected chi connectivity index (χ4v) is 1.09. The zero-order valence-electron chi connectivity index (χ0n) is 9.44. The van der Waals surface area contributed by atoms with Crippen LogP contribution in [0.25, 0.3) is 0 Å². The lowest BCUT2D eigenvalue weighted by molar-refractivity contribution is -0.118. The van der Waals surface area contributed by atoms with Crippen molar-refractivity contribution < 1.29 is 4.79 Å². The Morgan fingerprint density at radius 2 is 1.85 bits per heavy atom. The third kappa shape index (κ3) is 9.54. The summed E-state index contributed by atoms with van der Waals surface area (Å²) in [5.74, 6) is 0.385. The summed E-state index contributed by atoms with van der Waals surface area (Å²) in [6, 6.07) is 0. The first-order valence-corrected chi connectivity index (χ1v) is 5.22. The van der Waals surface area contributed by atoms with Crippen LogP contribution in [0, 0.1) is 0 Å². The fraction of sp³-hybridized carbons (Fsp3) is 0.909. The molecule has 0 rings (SSSR count). The molecule has 0 aromatic rings. The molecule has 0 aliphatic heterocycles. The summed E-state index contributed by atoms with van der Waals surface area (Å²) in [5, 5.41) is 3.40. The van der Waals surface area contributed by atoms with Crippen molar-refractivity contribution >= 4 is 5.78 Å². The van der Waals surface area contributed by atoms with E-state index < -0.39 is 0 Å². The number of nitrogens with one attached hydrogen (secondary N) is 1. The maximum Gasteiger partial charge on any atom is 0.132 e. The maximum atomic E-state index is 11.0. The van der Waals surface area contributed by atoms with Crippen LogP contribution in [-0.4, -0.2) is 17.9 Å². The van der Waals surface area contributed by atoms with Gasteiger partial charge in [-0.2, -0.15) is 0 Å². The summed E-state index contributed by atoms with van der Waals surface area (Å²) >= 11 is 0. The number of Topliss-reactive ketones (excluding diaryl/α,β-unsaturated/α-hetero) is 1. The molecular weight excluding hydrogens is 162 g/mol. The van der Waals surface area contributed by atoms with Crippen LogP contribution in [0.4, 0.5) is 0 Å². The normalized spacial score (nSPS) is 11.7. The third-order valence-electron chi connectivity index (χ3n) is 1.93. The quantitative estimate of drug-likeness (QED) is 0.644. The van der Waals surface area contributed by atoms with Crippen LogP contribution < -0.4 is 5.32 Å². The van der Waals surface area contributed by atoms with Gasteiger partial charge in [0.25, 0.3) is 0 Å². The second kappa shape index (κ2) is 6.14. The largest absolute Gasteiger partial charge is 0.312 e. The molecule has 1 N–H and O–H groups in total. The molecule has 2 nitrogen and oxygen atoms in total. The van der Waals surface area contributed by atoms with E-state index in [9.17, 15) is 4.79 Å². The SMILES string of the molecule is CCC(=O)CCCCNC(C)(C)C. The molecule has 0 aromatic carbocycles. The van der Waals surface area contributed by atoms with Crippen molar-refractivity contribution in [3.63, 3.8) is 0 Å². The van der Waals surface area contributed by atoms with Crippen LogP contribution in [0.5, 0.6) is 0 Å². The monoisotopic (exact) mass is 185 g/mol. The number of ketones is 1. The molecule has 0 aliphatic rings. The number of hydrogen-bond donors (Lipinski definition) is 1. The molecule has 0 aliphatic carbocycles. The van der Waals surface area contributed by atoms with Crippen molar-refractivity contribution in [2.45, 2.75) is 58.9 Å². The van der Waals surface area contributed by atoms with E-state index in [4.69, 9.17) is 0 Å². The average Bonchev–Trinajstić information content (AvgIpc) is 2.01. The summed E-state index contributed by atoms with van der Waals surface area (Å²) < 4.78 is 0. The molecule has 0 unspecified atom stereocenters. The standard InChI is InChI=1S/C11H23NO/c1-5-10(13)8-6-7-9-12-11(2,3)4/h12H,5-9H2,1-4H3. The minimum atomic E-state index is 0.203. The van der Waals surface area contributed by atoms with Gasteiger partial charge in [0, 0.05) is 18.4 Å². The van der Waals surface area contributed by atoms with Gasteiger partial charge < -0.3 is 5.32 Å². The molecule has 0 bridgehead atoms. The predicted octanol–water partition coefficient (Wildman–Crippen LogP) is 2.52. The summed E-state index contributed by atoms with van der Waals surface area (Å²) in [6.07, 6.45) is 3.56. The van der Waals surface area contributed by atoms with Crippen LogP contribution in [0.1, 0.15) is 53.4 Å². The number of carbonyl (C=O) groups excluding carboxylic acids is 1. The van der Waals surface area contributed by atoms with Gasteiger partial charge >= 0.3 is 0 Å². The first-order chi connectivity index (χ1) is 5.95. The highest BCUT2D eigenvalue weighted by atomic mass is 16.1. The molecular formula is C11H23NO. The Bertz CT molecular complexity index is 147. The van der Waals surface area contributed by atoms with Crippen molar-refractivity contribution in [1.29, 1.82) is 0 Å². The molecule has 0 aromatic heterocycles. The van der Waals surface area contributed by atoms with Gasteiger partial charge in [-0.3, -0.25) is 4.79 Å².